The fourth-order valence-electron chi connectivity index (χ4n) is 4.23. The van der Waals surface area contributed by atoms with Crippen LogP contribution in [-0.2, 0) is 20.7 Å². The monoisotopic (exact) mass is 544 g/mol. The summed E-state index contributed by atoms with van der Waals surface area (Å²) < 4.78 is 46.2. The zero-order valence-corrected chi connectivity index (χ0v) is 21.4. The standard InChI is InChI=1S/C27H30F2N4O6/c1-37-17-21(23(34)25-31-19-9-5-6-10-22(19)39-25)30-24(35)20(32-26(36)33-11-13-38-14-12-33)16-27(28,29)15-18-7-3-2-4-8-18/h2-10,20-21H,11-17H2,1H3,(H,30,35)(H,32,36). The highest BCUT2D eigenvalue weighted by atomic mass is 19.3. The molecule has 39 heavy (non-hydrogen) atoms. The van der Waals surface area contributed by atoms with Crippen molar-refractivity contribution in [1.29, 1.82) is 0 Å². The molecule has 3 aromatic rings. The summed E-state index contributed by atoms with van der Waals surface area (Å²) in [5.74, 6) is -5.27. The molecule has 2 aromatic carbocycles. The fourth-order valence-corrected chi connectivity index (χ4v) is 4.23. The number of alkyl halides is 2. The third-order valence-corrected chi connectivity index (χ3v) is 6.19. The molecule has 1 aromatic heterocycles. The van der Waals surface area contributed by atoms with Gasteiger partial charge in [0.1, 0.15) is 17.6 Å². The van der Waals surface area contributed by atoms with Gasteiger partial charge >= 0.3 is 6.03 Å². The molecule has 1 aliphatic heterocycles. The SMILES string of the molecule is COCC(NC(=O)C(CC(F)(F)Cc1ccccc1)NC(=O)N1CCOCC1)C(=O)c1nc2ccccc2o1. The number of carbonyl (C=O) groups excluding carboxylic acids is 3. The van der Waals surface area contributed by atoms with E-state index < -0.39 is 48.6 Å². The molecule has 0 aliphatic carbocycles. The van der Waals surface area contributed by atoms with Gasteiger partial charge in [-0.25, -0.2) is 18.6 Å². The van der Waals surface area contributed by atoms with Gasteiger partial charge in [-0.1, -0.05) is 42.5 Å². The van der Waals surface area contributed by atoms with Crippen LogP contribution in [0.2, 0.25) is 0 Å². The van der Waals surface area contributed by atoms with Crippen molar-refractivity contribution >= 4 is 28.8 Å². The predicted molar refractivity (Wildman–Crippen MR) is 137 cm³/mol. The van der Waals surface area contributed by atoms with Crippen molar-refractivity contribution < 1.29 is 37.1 Å². The number of fused-ring (bicyclic) bond motifs is 1. The third kappa shape index (κ3) is 7.58. The number of carbonyl (C=O) groups is 3. The zero-order valence-electron chi connectivity index (χ0n) is 21.4. The van der Waals surface area contributed by atoms with Gasteiger partial charge in [0.15, 0.2) is 5.58 Å². The Kier molecular flexibility index (Phi) is 9.20. The second-order valence-electron chi connectivity index (χ2n) is 9.19. The predicted octanol–water partition coefficient (Wildman–Crippen LogP) is 2.82. The number of ether oxygens (including phenoxy) is 2. The number of morpholine rings is 1. The topological polar surface area (TPSA) is 123 Å². The van der Waals surface area contributed by atoms with E-state index in [2.05, 4.69) is 15.6 Å². The van der Waals surface area contributed by atoms with Crippen molar-refractivity contribution in [3.05, 3.63) is 66.1 Å². The number of urea groups is 1. The van der Waals surface area contributed by atoms with E-state index in [1.54, 1.807) is 54.6 Å². The normalized spacial score (nSPS) is 15.5. The van der Waals surface area contributed by atoms with E-state index in [1.165, 1.54) is 12.0 Å². The number of rotatable bonds is 11. The second-order valence-corrected chi connectivity index (χ2v) is 9.19. The zero-order chi connectivity index (χ0) is 27.8. The van der Waals surface area contributed by atoms with Crippen LogP contribution in [0.3, 0.4) is 0 Å². The van der Waals surface area contributed by atoms with Crippen LogP contribution < -0.4 is 10.6 Å². The number of amides is 3. The maximum absolute atomic E-state index is 15.2. The van der Waals surface area contributed by atoms with Crippen molar-refractivity contribution in [2.24, 2.45) is 0 Å². The van der Waals surface area contributed by atoms with Crippen molar-refractivity contribution in [3.8, 4) is 0 Å². The summed E-state index contributed by atoms with van der Waals surface area (Å²) in [4.78, 5) is 44.9. The van der Waals surface area contributed by atoms with Crippen LogP contribution >= 0.6 is 0 Å². The summed E-state index contributed by atoms with van der Waals surface area (Å²) in [6.07, 6.45) is -1.62. The summed E-state index contributed by atoms with van der Waals surface area (Å²) in [6.45, 7) is 0.826. The molecule has 2 unspecified atom stereocenters. The number of halogens is 2. The molecule has 0 saturated carbocycles. The van der Waals surface area contributed by atoms with E-state index >= 15 is 8.78 Å². The van der Waals surface area contributed by atoms with Gasteiger partial charge in [0.2, 0.25) is 11.7 Å². The van der Waals surface area contributed by atoms with E-state index in [0.717, 1.165) is 0 Å². The van der Waals surface area contributed by atoms with Crippen LogP contribution in [0.5, 0.6) is 0 Å². The van der Waals surface area contributed by atoms with Gasteiger partial charge in [0.05, 0.1) is 19.8 Å². The van der Waals surface area contributed by atoms with Crippen LogP contribution in [0.4, 0.5) is 13.6 Å². The molecule has 10 nitrogen and oxygen atoms in total. The Hall–Kier alpha value is -3.90. The number of hydrogen-bond acceptors (Lipinski definition) is 7. The van der Waals surface area contributed by atoms with Gasteiger partial charge in [-0.15, -0.1) is 0 Å². The molecule has 12 heteroatoms. The second kappa shape index (κ2) is 12.8. The van der Waals surface area contributed by atoms with E-state index in [9.17, 15) is 14.4 Å². The highest BCUT2D eigenvalue weighted by Gasteiger charge is 2.39. The molecule has 208 valence electrons. The van der Waals surface area contributed by atoms with Crippen molar-refractivity contribution in [3.63, 3.8) is 0 Å². The van der Waals surface area contributed by atoms with Gasteiger partial charge in [0, 0.05) is 33.0 Å². The average molecular weight is 545 g/mol. The largest absolute Gasteiger partial charge is 0.434 e. The first kappa shape index (κ1) is 28.1. The van der Waals surface area contributed by atoms with Gasteiger partial charge in [-0.3, -0.25) is 9.59 Å². The van der Waals surface area contributed by atoms with Gasteiger partial charge < -0.3 is 29.4 Å². The number of ketones is 1. The Morgan fingerprint density at radius 3 is 2.41 bits per heavy atom. The van der Waals surface area contributed by atoms with Crippen molar-refractivity contribution in [2.45, 2.75) is 30.8 Å². The molecule has 1 fully saturated rings. The van der Waals surface area contributed by atoms with Crippen LogP contribution in [-0.4, -0.2) is 85.6 Å². The molecule has 2 heterocycles. The number of oxazole rings is 1. The highest BCUT2D eigenvalue weighted by Crippen LogP contribution is 2.26. The van der Waals surface area contributed by atoms with Crippen LogP contribution in [0.25, 0.3) is 11.1 Å². The molecule has 0 spiro atoms. The summed E-state index contributed by atoms with van der Waals surface area (Å²) in [6, 6.07) is 11.2. The van der Waals surface area contributed by atoms with Crippen LogP contribution in [0.15, 0.2) is 59.0 Å². The summed E-state index contributed by atoms with van der Waals surface area (Å²) >= 11 is 0. The Balaban J connectivity index is 1.52. The number of methoxy groups -OCH3 is 1. The highest BCUT2D eigenvalue weighted by molar-refractivity contribution is 6.01. The van der Waals surface area contributed by atoms with E-state index in [-0.39, 0.29) is 25.6 Å². The number of benzene rings is 2. The molecule has 1 saturated heterocycles. The molecule has 0 radical (unpaired) electrons. The summed E-state index contributed by atoms with van der Waals surface area (Å²) in [7, 11) is 1.32. The molecule has 0 bridgehead atoms. The Morgan fingerprint density at radius 1 is 1.03 bits per heavy atom. The number of nitrogens with one attached hydrogen (secondary N) is 2. The Morgan fingerprint density at radius 2 is 1.72 bits per heavy atom. The number of Topliss-reactive ketones (excluding diaryl/α,β-unsaturated/α-hetero) is 1. The number of aromatic nitrogens is 1. The lowest BCUT2D eigenvalue weighted by Gasteiger charge is -2.30. The first-order valence-corrected chi connectivity index (χ1v) is 12.5. The van der Waals surface area contributed by atoms with E-state index in [0.29, 0.717) is 29.9 Å². The molecule has 1 aliphatic rings. The first-order chi connectivity index (χ1) is 18.8. The van der Waals surface area contributed by atoms with Gasteiger partial charge in [-0.2, -0.15) is 0 Å². The van der Waals surface area contributed by atoms with E-state index in [1.807, 2.05) is 0 Å². The van der Waals surface area contributed by atoms with E-state index in [4.69, 9.17) is 13.9 Å². The summed E-state index contributed by atoms with van der Waals surface area (Å²) in [5, 5.41) is 4.87. The van der Waals surface area contributed by atoms with Crippen molar-refractivity contribution in [1.82, 2.24) is 20.5 Å². The lowest BCUT2D eigenvalue weighted by Crippen LogP contribution is -2.57. The smallest absolute Gasteiger partial charge is 0.318 e. The number of hydrogen-bond donors (Lipinski definition) is 2. The number of nitrogens with zero attached hydrogens (tertiary/aromatic N) is 2. The minimum Gasteiger partial charge on any atom is -0.434 e. The molecular weight excluding hydrogens is 514 g/mol. The summed E-state index contributed by atoms with van der Waals surface area (Å²) in [5.41, 5.74) is 1.20. The van der Waals surface area contributed by atoms with Crippen molar-refractivity contribution in [2.75, 3.05) is 40.0 Å². The first-order valence-electron chi connectivity index (χ1n) is 12.5. The lowest BCUT2D eigenvalue weighted by atomic mass is 10.00. The molecule has 2 atom stereocenters. The molecule has 4 rings (SSSR count). The molecular formula is C27H30F2N4O6. The number of para-hydroxylation sites is 2. The van der Waals surface area contributed by atoms with Crippen LogP contribution in [0, 0.1) is 0 Å². The fraction of sp³-hybridized carbons (Fsp3) is 0.407. The maximum atomic E-state index is 15.2. The lowest BCUT2D eigenvalue weighted by molar-refractivity contribution is -0.126. The Labute approximate surface area is 223 Å². The van der Waals surface area contributed by atoms with Gasteiger partial charge in [-0.05, 0) is 17.7 Å². The van der Waals surface area contributed by atoms with Crippen LogP contribution in [0.1, 0.15) is 22.7 Å². The third-order valence-electron chi connectivity index (χ3n) is 6.19. The Bertz CT molecular complexity index is 1250. The molecule has 3 amide bonds. The minimum absolute atomic E-state index is 0.253. The maximum Gasteiger partial charge on any atom is 0.318 e. The van der Waals surface area contributed by atoms with Gasteiger partial charge in [0.25, 0.3) is 11.8 Å². The molecule has 2 N–H and O–H groups in total. The minimum atomic E-state index is -3.34. The quantitative estimate of drug-likeness (QED) is 0.356. The average Bonchev–Trinajstić information content (AvgIpc) is 3.37.